The molecule has 2 aromatic rings. The van der Waals surface area contributed by atoms with Crippen LogP contribution in [0.25, 0.3) is 0 Å². The highest BCUT2D eigenvalue weighted by Crippen LogP contribution is 2.48. The van der Waals surface area contributed by atoms with Crippen LogP contribution < -0.4 is 10.2 Å². The molecule has 0 saturated heterocycles. The molecule has 0 radical (unpaired) electrons. The molecule has 53 heavy (non-hydrogen) atoms. The smallest absolute Gasteiger partial charge is 0.259 e. The molecule has 9 heteroatoms. The Hall–Kier alpha value is -3.31. The van der Waals surface area contributed by atoms with E-state index in [0.29, 0.717) is 45.8 Å². The molecule has 1 aliphatic rings. The van der Waals surface area contributed by atoms with Gasteiger partial charge in [0.15, 0.2) is 0 Å². The first-order valence-electron chi connectivity index (χ1n) is 19.3. The number of hydrogen-bond acceptors (Lipinski definition) is 7. The zero-order valence-electron chi connectivity index (χ0n) is 33.9. The second-order valence-corrected chi connectivity index (χ2v) is 16.8. The van der Waals surface area contributed by atoms with Gasteiger partial charge in [-0.2, -0.15) is 5.26 Å². The molecule has 1 N–H and O–H groups in total. The van der Waals surface area contributed by atoms with E-state index < -0.39 is 8.53 Å². The Bertz CT molecular complexity index is 1570. The van der Waals surface area contributed by atoms with Gasteiger partial charge in [-0.3, -0.25) is 4.79 Å². The molecule has 0 bridgehead atoms. The summed E-state index contributed by atoms with van der Waals surface area (Å²) >= 11 is 0. The van der Waals surface area contributed by atoms with Gasteiger partial charge in [0, 0.05) is 53.8 Å². The molecule has 0 aromatic heterocycles. The van der Waals surface area contributed by atoms with Crippen LogP contribution in [0.5, 0.6) is 0 Å². The minimum absolute atomic E-state index is 0.0518. The summed E-state index contributed by atoms with van der Waals surface area (Å²) in [5.41, 5.74) is 7.23. The standard InChI is InChI=1S/C44H65N4O4P/c1-34(2)48(35(3)4)53(51-30-19-27-45)52-33-32-50-31-28-46-42(49)26-12-11-17-29-47-40-24-16-15-23-39(40)44(9,10)41(47)25-18-21-37(6)43(7,8)38-22-14-13-20-36(38)5/h13-16,18,20-25,34-35H,6,11-12,17,19,26,28-33H2,1-5,7-10H3,(H,46,49)/b21-18+,41-25+. The monoisotopic (exact) mass is 744 g/mol. The summed E-state index contributed by atoms with van der Waals surface area (Å²) in [5, 5.41) is 11.9. The van der Waals surface area contributed by atoms with Crippen molar-refractivity contribution in [2.75, 3.05) is 44.4 Å². The van der Waals surface area contributed by atoms with Crippen LogP contribution in [0, 0.1) is 18.3 Å². The molecule has 0 spiro atoms. The van der Waals surface area contributed by atoms with Crippen LogP contribution >= 0.6 is 8.53 Å². The Balaban J connectivity index is 1.43. The molecule has 3 rings (SSSR count). The SMILES string of the molecule is C=C(/C=C/C=C1/N(CCCCCC(=O)NCCOCCOP(OCCC#N)N(C(C)C)C(C)C)c2ccccc2C1(C)C)C(C)(C)c1ccccc1C. The molecule has 1 amide bonds. The Morgan fingerprint density at radius 1 is 1.00 bits per heavy atom. The zero-order valence-corrected chi connectivity index (χ0v) is 34.8. The summed E-state index contributed by atoms with van der Waals surface area (Å²) in [6, 6.07) is 19.9. The molecule has 0 saturated carbocycles. The lowest BCUT2D eigenvalue weighted by molar-refractivity contribution is -0.121. The van der Waals surface area contributed by atoms with E-state index in [4.69, 9.17) is 19.0 Å². The third-order valence-corrected chi connectivity index (χ3v) is 12.0. The fourth-order valence-corrected chi connectivity index (χ4v) is 8.54. The zero-order chi connectivity index (χ0) is 39.0. The molecule has 1 atom stereocenters. The fraction of sp³-hybridized carbons (Fsp3) is 0.545. The van der Waals surface area contributed by atoms with E-state index in [0.717, 1.165) is 31.4 Å². The summed E-state index contributed by atoms with van der Waals surface area (Å²) in [6.45, 7) is 27.1. The van der Waals surface area contributed by atoms with Crippen molar-refractivity contribution < 1.29 is 18.6 Å². The van der Waals surface area contributed by atoms with Crippen molar-refractivity contribution in [1.29, 1.82) is 5.26 Å². The van der Waals surface area contributed by atoms with Crippen LogP contribution in [0.4, 0.5) is 5.69 Å². The first kappa shape index (κ1) is 44.1. The fourth-order valence-electron chi connectivity index (χ4n) is 6.97. The van der Waals surface area contributed by atoms with Gasteiger partial charge in [0.25, 0.3) is 8.53 Å². The van der Waals surface area contributed by atoms with Crippen LogP contribution in [0.3, 0.4) is 0 Å². The van der Waals surface area contributed by atoms with Crippen molar-refractivity contribution >= 4 is 20.1 Å². The Morgan fingerprint density at radius 3 is 2.38 bits per heavy atom. The maximum Gasteiger partial charge on any atom is 0.259 e. The predicted octanol–water partition coefficient (Wildman–Crippen LogP) is 10.1. The third kappa shape index (κ3) is 12.6. The third-order valence-electron chi connectivity index (χ3n) is 9.92. The minimum Gasteiger partial charge on any atom is -0.377 e. The normalized spacial score (nSPS) is 15.5. The number of nitrogens with zero attached hydrogens (tertiary/aromatic N) is 3. The molecule has 2 aromatic carbocycles. The van der Waals surface area contributed by atoms with E-state index in [2.05, 4.69) is 157 Å². The summed E-state index contributed by atoms with van der Waals surface area (Å²) in [7, 11) is -1.28. The second-order valence-electron chi connectivity index (χ2n) is 15.3. The number of rotatable bonds is 23. The number of nitrogens with one attached hydrogen (secondary N) is 1. The number of ether oxygens (including phenoxy) is 1. The lowest BCUT2D eigenvalue weighted by Crippen LogP contribution is -2.34. The van der Waals surface area contributed by atoms with E-state index >= 15 is 0 Å². The van der Waals surface area contributed by atoms with Gasteiger partial charge in [-0.15, -0.1) is 0 Å². The molecule has 1 unspecified atom stereocenters. The van der Waals surface area contributed by atoms with Gasteiger partial charge in [0.2, 0.25) is 5.91 Å². The quantitative estimate of drug-likeness (QED) is 0.0689. The van der Waals surface area contributed by atoms with Crippen LogP contribution in [-0.2, 0) is 29.4 Å². The number of allylic oxidation sites excluding steroid dienone is 5. The maximum atomic E-state index is 12.6. The highest BCUT2D eigenvalue weighted by Gasteiger charge is 2.39. The van der Waals surface area contributed by atoms with Crippen LogP contribution in [0.15, 0.2) is 84.6 Å². The summed E-state index contributed by atoms with van der Waals surface area (Å²) < 4.78 is 19.9. The average Bonchev–Trinajstić information content (AvgIpc) is 3.32. The number of benzene rings is 2. The lowest BCUT2D eigenvalue weighted by atomic mass is 9.76. The van der Waals surface area contributed by atoms with Gasteiger partial charge in [-0.25, -0.2) is 4.67 Å². The molecular weight excluding hydrogens is 679 g/mol. The van der Waals surface area contributed by atoms with Crippen molar-refractivity contribution in [3.05, 3.63) is 101 Å². The number of fused-ring (bicyclic) bond motifs is 1. The van der Waals surface area contributed by atoms with E-state index in [1.165, 1.54) is 28.1 Å². The second kappa shape index (κ2) is 21.5. The number of para-hydroxylation sites is 1. The molecule has 1 aliphatic heterocycles. The Labute approximate surface area is 322 Å². The number of carbonyl (C=O) groups excluding carboxylic acids is 1. The number of unbranched alkanes of at least 4 members (excludes halogenated alkanes) is 2. The number of carbonyl (C=O) groups is 1. The topological polar surface area (TPSA) is 87.1 Å². The first-order chi connectivity index (χ1) is 25.2. The summed E-state index contributed by atoms with van der Waals surface area (Å²) in [4.78, 5) is 15.0. The van der Waals surface area contributed by atoms with Gasteiger partial charge in [0.1, 0.15) is 0 Å². The van der Waals surface area contributed by atoms with Gasteiger partial charge in [-0.05, 0) is 81.9 Å². The van der Waals surface area contributed by atoms with Crippen molar-refractivity contribution in [3.8, 4) is 6.07 Å². The lowest BCUT2D eigenvalue weighted by Gasteiger charge is -2.35. The molecule has 0 fully saturated rings. The first-order valence-corrected chi connectivity index (χ1v) is 20.4. The van der Waals surface area contributed by atoms with Crippen molar-refractivity contribution in [2.45, 2.75) is 117 Å². The van der Waals surface area contributed by atoms with E-state index in [1.54, 1.807) is 0 Å². The van der Waals surface area contributed by atoms with Crippen molar-refractivity contribution in [1.82, 2.24) is 9.99 Å². The highest BCUT2D eigenvalue weighted by atomic mass is 31.2. The summed E-state index contributed by atoms with van der Waals surface area (Å²) in [6.07, 6.45) is 10.2. The number of hydrogen-bond donors (Lipinski definition) is 1. The van der Waals surface area contributed by atoms with E-state index in [-0.39, 0.29) is 28.8 Å². The molecular formula is C44H65N4O4P. The van der Waals surface area contributed by atoms with E-state index in [9.17, 15) is 4.79 Å². The average molecular weight is 745 g/mol. The van der Waals surface area contributed by atoms with Gasteiger partial charge in [0.05, 0.1) is 38.9 Å². The highest BCUT2D eigenvalue weighted by molar-refractivity contribution is 7.44. The Morgan fingerprint density at radius 2 is 1.68 bits per heavy atom. The number of aryl methyl sites for hydroxylation is 1. The number of nitriles is 1. The summed E-state index contributed by atoms with van der Waals surface area (Å²) in [5.74, 6) is 0.0518. The molecule has 1 heterocycles. The van der Waals surface area contributed by atoms with Gasteiger partial charge in [-0.1, -0.05) is 95.3 Å². The molecule has 290 valence electrons. The van der Waals surface area contributed by atoms with Crippen LogP contribution in [-0.4, -0.2) is 62.2 Å². The van der Waals surface area contributed by atoms with E-state index in [1.807, 2.05) is 0 Å². The van der Waals surface area contributed by atoms with Gasteiger partial charge < -0.3 is 24.0 Å². The minimum atomic E-state index is -1.28. The number of amides is 1. The Kier molecular flexibility index (Phi) is 17.9. The molecule has 8 nitrogen and oxygen atoms in total. The largest absolute Gasteiger partial charge is 0.377 e. The van der Waals surface area contributed by atoms with Crippen molar-refractivity contribution in [3.63, 3.8) is 0 Å². The van der Waals surface area contributed by atoms with Crippen molar-refractivity contribution in [2.24, 2.45) is 0 Å². The number of anilines is 1. The molecule has 0 aliphatic carbocycles. The van der Waals surface area contributed by atoms with Gasteiger partial charge >= 0.3 is 0 Å². The van der Waals surface area contributed by atoms with Crippen LogP contribution in [0.1, 0.15) is 104 Å². The van der Waals surface area contributed by atoms with Crippen LogP contribution in [0.2, 0.25) is 0 Å². The maximum absolute atomic E-state index is 12.6. The predicted molar refractivity (Wildman–Crippen MR) is 221 cm³/mol.